The van der Waals surface area contributed by atoms with E-state index < -0.39 is 12.0 Å². The van der Waals surface area contributed by atoms with E-state index >= 15 is 0 Å². The summed E-state index contributed by atoms with van der Waals surface area (Å²) in [4.78, 5) is 8.25. The van der Waals surface area contributed by atoms with Gasteiger partial charge in [-0.15, -0.1) is 5.53 Å². The van der Waals surface area contributed by atoms with Gasteiger partial charge in [-0.1, -0.05) is 48.0 Å². The molecule has 2 aromatic carbocycles. The third-order valence-electron chi connectivity index (χ3n) is 7.19. The fraction of sp³-hybridized carbons (Fsp3) is 0.226. The number of fused-ring (bicyclic) bond motifs is 1. The van der Waals surface area contributed by atoms with Crippen molar-refractivity contribution in [1.82, 2.24) is 25.9 Å². The van der Waals surface area contributed by atoms with Gasteiger partial charge < -0.3 is 16.1 Å². The van der Waals surface area contributed by atoms with E-state index in [1.54, 1.807) is 12.1 Å². The van der Waals surface area contributed by atoms with Gasteiger partial charge in [-0.25, -0.2) is 4.98 Å². The maximum Gasteiger partial charge on any atom is 0.212 e. The molecule has 0 saturated heterocycles. The zero-order valence-corrected chi connectivity index (χ0v) is 23.2. The maximum atomic E-state index is 13.8. The Kier molecular flexibility index (Phi) is 7.38. The molecule has 0 bridgehead atoms. The van der Waals surface area contributed by atoms with E-state index in [0.717, 1.165) is 18.4 Å². The molecule has 42 heavy (non-hydrogen) atoms. The lowest BCUT2D eigenvalue weighted by atomic mass is 10.00. The lowest BCUT2D eigenvalue weighted by Gasteiger charge is -2.23. The van der Waals surface area contributed by atoms with E-state index in [2.05, 4.69) is 43.7 Å². The van der Waals surface area contributed by atoms with Crippen molar-refractivity contribution in [2.75, 3.05) is 10.6 Å². The zero-order chi connectivity index (χ0) is 30.0. The van der Waals surface area contributed by atoms with Crippen LogP contribution in [0.25, 0.3) is 10.9 Å². The van der Waals surface area contributed by atoms with Gasteiger partial charge in [0.2, 0.25) is 5.95 Å². The van der Waals surface area contributed by atoms with Crippen molar-refractivity contribution in [3.8, 4) is 12.1 Å². The average Bonchev–Trinajstić information content (AvgIpc) is 3.75. The number of nitrogens with zero attached hydrogens (tertiary/aromatic N) is 5. The molecule has 2 atom stereocenters. The van der Waals surface area contributed by atoms with Crippen LogP contribution in [-0.4, -0.2) is 21.0 Å². The Bertz CT molecular complexity index is 1770. The Labute approximate surface area is 249 Å². The van der Waals surface area contributed by atoms with Crippen LogP contribution < -0.4 is 21.6 Å². The predicted molar refractivity (Wildman–Crippen MR) is 159 cm³/mol. The smallest absolute Gasteiger partial charge is 0.212 e. The Hall–Kier alpha value is -4.90. The minimum atomic E-state index is -1.62. The normalized spacial score (nSPS) is 16.8. The minimum Gasteiger partial charge on any atom is -0.377 e. The molecule has 3 heterocycles. The number of hydrogen-bond acceptors (Lipinski definition) is 9. The van der Waals surface area contributed by atoms with Crippen molar-refractivity contribution in [3.05, 3.63) is 107 Å². The Morgan fingerprint density at radius 1 is 1.10 bits per heavy atom. The maximum absolute atomic E-state index is 13.8. The summed E-state index contributed by atoms with van der Waals surface area (Å²) in [5.74, 6) is -0.652. The second kappa shape index (κ2) is 11.9. The van der Waals surface area contributed by atoms with Crippen LogP contribution in [0.4, 0.5) is 15.8 Å². The van der Waals surface area contributed by atoms with E-state index in [-0.39, 0.29) is 6.04 Å². The van der Waals surface area contributed by atoms with Gasteiger partial charge in [0.1, 0.15) is 6.07 Å². The summed E-state index contributed by atoms with van der Waals surface area (Å²) >= 11 is 6.76. The van der Waals surface area contributed by atoms with Gasteiger partial charge in [-0.05, 0) is 48.6 Å². The highest BCUT2D eigenvalue weighted by molar-refractivity contribution is 6.35. The van der Waals surface area contributed by atoms with E-state index in [1.807, 2.05) is 41.5 Å². The Morgan fingerprint density at radius 3 is 2.64 bits per heavy atom. The number of benzene rings is 2. The summed E-state index contributed by atoms with van der Waals surface area (Å²) in [6.07, 6.45) is 7.52. The van der Waals surface area contributed by atoms with Gasteiger partial charge in [-0.2, -0.15) is 14.9 Å². The number of rotatable bonds is 10. The monoisotopic (exact) mass is 580 g/mol. The highest BCUT2D eigenvalue weighted by atomic mass is 35.5. The van der Waals surface area contributed by atoms with Gasteiger partial charge in [0.25, 0.3) is 0 Å². The largest absolute Gasteiger partial charge is 0.377 e. The predicted octanol–water partition coefficient (Wildman–Crippen LogP) is 6.23. The molecular weight excluding hydrogens is 553 g/mol. The number of hydrogen-bond donors (Lipinski definition) is 4. The minimum absolute atomic E-state index is 0.262. The summed E-state index contributed by atoms with van der Waals surface area (Å²) in [7, 11) is 0. The third kappa shape index (κ3) is 5.77. The molecule has 1 aliphatic heterocycles. The molecule has 4 N–H and O–H groups in total. The number of hydrazine groups is 2. The number of nitriles is 2. The number of halogens is 2. The summed E-state index contributed by atoms with van der Waals surface area (Å²) in [6.45, 7) is 0. The summed E-state index contributed by atoms with van der Waals surface area (Å²) in [6, 6.07) is 18.7. The van der Waals surface area contributed by atoms with Crippen LogP contribution in [0.5, 0.6) is 0 Å². The molecular formula is C31H27ClFN9. The van der Waals surface area contributed by atoms with Crippen molar-refractivity contribution in [2.45, 2.75) is 43.8 Å². The fourth-order valence-electron chi connectivity index (χ4n) is 4.93. The van der Waals surface area contributed by atoms with E-state index in [0.29, 0.717) is 63.0 Å². The van der Waals surface area contributed by atoms with Crippen LogP contribution in [0.2, 0.25) is 5.02 Å². The highest BCUT2D eigenvalue weighted by Gasteiger charge is 2.32. The van der Waals surface area contributed by atoms with Gasteiger partial charge in [-0.3, -0.25) is 9.99 Å². The van der Waals surface area contributed by atoms with E-state index in [4.69, 9.17) is 11.6 Å². The quantitative estimate of drug-likeness (QED) is 0.161. The molecule has 0 amide bonds. The number of anilines is 2. The van der Waals surface area contributed by atoms with Crippen molar-refractivity contribution in [1.29, 1.82) is 10.5 Å². The molecule has 1 fully saturated rings. The molecule has 0 unspecified atom stereocenters. The molecule has 1 aliphatic carbocycles. The number of aromatic nitrogens is 2. The van der Waals surface area contributed by atoms with Crippen LogP contribution in [-0.2, 0) is 0 Å². The lowest BCUT2D eigenvalue weighted by molar-refractivity contribution is 0.260. The van der Waals surface area contributed by atoms with Gasteiger partial charge in [0.15, 0.2) is 0 Å². The van der Waals surface area contributed by atoms with Gasteiger partial charge >= 0.3 is 0 Å². The average molecular weight is 581 g/mol. The molecule has 9 nitrogen and oxygen atoms in total. The number of nitrogens with one attached hydrogen (secondary N) is 4. The second-order valence-corrected chi connectivity index (χ2v) is 10.5. The second-order valence-electron chi connectivity index (χ2n) is 10.1. The van der Waals surface area contributed by atoms with Crippen LogP contribution in [0.1, 0.15) is 55.8 Å². The summed E-state index contributed by atoms with van der Waals surface area (Å²) < 4.78 is 23.4. The Morgan fingerprint density at radius 2 is 1.93 bits per heavy atom. The van der Waals surface area contributed by atoms with E-state index in [9.17, 15) is 16.3 Å². The van der Waals surface area contributed by atoms with Crippen LogP contribution in [0.3, 0.4) is 0 Å². The SMILES string of the molecule is [2H][C@](Nc1cc(Cl)c2ncc(C#N)c(N[C@@H](CCC#N)c3ccccc3)c2c1)(C1=CN(C2CC2)NN1)c1ccc(F)nc1. The molecule has 11 heteroatoms. The fourth-order valence-corrected chi connectivity index (χ4v) is 5.20. The summed E-state index contributed by atoms with van der Waals surface area (Å²) in [5, 5.41) is 28.9. The highest BCUT2D eigenvalue weighted by Crippen LogP contribution is 2.38. The van der Waals surface area contributed by atoms with E-state index in [1.165, 1.54) is 24.5 Å². The molecule has 6 rings (SSSR count). The van der Waals surface area contributed by atoms with Crippen molar-refractivity contribution in [2.24, 2.45) is 0 Å². The first kappa shape index (κ1) is 26.0. The van der Waals surface area contributed by atoms with Gasteiger partial charge in [0.05, 0.1) is 47.0 Å². The Balaban J connectivity index is 1.44. The molecule has 2 aromatic heterocycles. The van der Waals surface area contributed by atoms with Crippen molar-refractivity contribution < 1.29 is 5.76 Å². The third-order valence-corrected chi connectivity index (χ3v) is 7.48. The first-order valence-corrected chi connectivity index (χ1v) is 13.9. The van der Waals surface area contributed by atoms with Crippen molar-refractivity contribution >= 4 is 33.9 Å². The molecule has 2 aliphatic rings. The summed E-state index contributed by atoms with van der Waals surface area (Å²) in [5.41, 5.74) is 9.78. The van der Waals surface area contributed by atoms with Crippen molar-refractivity contribution in [3.63, 3.8) is 0 Å². The zero-order valence-electron chi connectivity index (χ0n) is 23.4. The number of pyridine rings is 2. The topological polar surface area (TPSA) is 125 Å². The van der Waals surface area contributed by atoms with Crippen LogP contribution >= 0.6 is 11.6 Å². The lowest BCUT2D eigenvalue weighted by Crippen LogP contribution is -2.38. The molecule has 210 valence electrons. The molecule has 4 aromatic rings. The molecule has 0 radical (unpaired) electrons. The molecule has 0 spiro atoms. The van der Waals surface area contributed by atoms with Crippen LogP contribution in [0.15, 0.2) is 78.9 Å². The molecule has 1 saturated carbocycles. The first-order valence-electron chi connectivity index (χ1n) is 14.0. The standard InChI is InChI=1S/C31H27ClFN9/c32-25-14-22(38-30(20-8-11-28(33)36-16-20)27-18-42(41-40-27)23-9-10-23)13-24-29(21(15-35)17-37-31(24)25)39-26(7-4-12-34)19-5-2-1-3-6-19/h1-3,5-6,8,11,13-14,16-18,23,26,30,38,40-41H,4,7,9-10H2,(H,37,39)/t26-,30+/m0/s1/i30D. The van der Waals surface area contributed by atoms with Crippen LogP contribution in [0, 0.1) is 28.6 Å². The van der Waals surface area contributed by atoms with Gasteiger partial charge in [0, 0.05) is 42.1 Å². The first-order chi connectivity index (χ1) is 20.9.